The summed E-state index contributed by atoms with van der Waals surface area (Å²) >= 11 is 1.72. The molecule has 0 bridgehead atoms. The predicted molar refractivity (Wildman–Crippen MR) is 88.1 cm³/mol. The van der Waals surface area contributed by atoms with E-state index in [-0.39, 0.29) is 12.4 Å². The second-order valence-corrected chi connectivity index (χ2v) is 6.77. The van der Waals surface area contributed by atoms with Gasteiger partial charge in [0.2, 0.25) is 0 Å². The summed E-state index contributed by atoms with van der Waals surface area (Å²) in [6.45, 7) is 2.29. The van der Waals surface area contributed by atoms with E-state index < -0.39 is 0 Å². The zero-order chi connectivity index (χ0) is 12.6. The molecule has 0 aromatic carbocycles. The van der Waals surface area contributed by atoms with Gasteiger partial charge in [-0.2, -0.15) is 0 Å². The number of hydrogen-bond acceptors (Lipinski definition) is 0. The van der Waals surface area contributed by atoms with Gasteiger partial charge in [-0.3, -0.25) is 0 Å². The maximum Gasteiger partial charge on any atom is -0.147 e. The molecule has 2 heteroatoms. The van der Waals surface area contributed by atoms with Crippen LogP contribution in [-0.2, 0) is 0 Å². The Morgan fingerprint density at radius 3 is 1.06 bits per heavy atom. The Morgan fingerprint density at radius 2 is 0.778 bits per heavy atom. The van der Waals surface area contributed by atoms with Crippen molar-refractivity contribution in [3.63, 3.8) is 0 Å². The quantitative estimate of drug-likeness (QED) is 0.239. The van der Waals surface area contributed by atoms with Gasteiger partial charge in [-0.1, -0.05) is 26.2 Å². The van der Waals surface area contributed by atoms with Gasteiger partial charge in [0.1, 0.15) is 0 Å². The summed E-state index contributed by atoms with van der Waals surface area (Å²) in [5.41, 5.74) is 0. The molecule has 0 aliphatic carbocycles. The summed E-state index contributed by atoms with van der Waals surface area (Å²) in [5.74, 6) is 0. The van der Waals surface area contributed by atoms with Gasteiger partial charge in [-0.05, 0) is 0 Å². The second-order valence-electron chi connectivity index (χ2n) is 5.35. The van der Waals surface area contributed by atoms with Crippen LogP contribution in [0, 0.1) is 0 Å². The first-order valence-electron chi connectivity index (χ1n) is 8.06. The summed E-state index contributed by atoms with van der Waals surface area (Å²) in [5, 5.41) is 0. The average Bonchev–Trinajstić information content (AvgIpc) is 2.35. The van der Waals surface area contributed by atoms with E-state index in [1.165, 1.54) is 94.3 Å². The minimum absolute atomic E-state index is 0. The molecule has 0 unspecified atom stereocenters. The van der Waals surface area contributed by atoms with Crippen molar-refractivity contribution >= 4 is 34.9 Å². The minimum atomic E-state index is 0. The smallest absolute Gasteiger partial charge is 0.147 e. The van der Waals surface area contributed by atoms with Gasteiger partial charge in [0.25, 0.3) is 0 Å². The van der Waals surface area contributed by atoms with Crippen LogP contribution in [0.2, 0.25) is 4.44 Å². The van der Waals surface area contributed by atoms with E-state index in [0.29, 0.717) is 0 Å². The van der Waals surface area contributed by atoms with E-state index >= 15 is 0 Å². The number of rotatable bonds is 14. The van der Waals surface area contributed by atoms with Crippen LogP contribution in [0.3, 0.4) is 0 Å². The van der Waals surface area contributed by atoms with Gasteiger partial charge < -0.3 is 0 Å². The third kappa shape index (κ3) is 19.4. The Labute approximate surface area is 136 Å². The zero-order valence-corrected chi connectivity index (χ0v) is 16.2. The number of hydrogen-bond donors (Lipinski definition) is 0. The number of halogens is 1. The average molecular weight is 381 g/mol. The van der Waals surface area contributed by atoms with Gasteiger partial charge >= 0.3 is 97.6 Å². The standard InChI is InChI=1S/C16H33.ClH.Sn/c1-3-5-7-9-11-13-15-16-14-12-10-8-6-4-2;;/h1,3-16H2,2H3;1H;. The molecule has 0 aromatic heterocycles. The molecule has 0 saturated heterocycles. The van der Waals surface area contributed by atoms with Crippen molar-refractivity contribution in [2.24, 2.45) is 0 Å². The van der Waals surface area contributed by atoms with Crippen molar-refractivity contribution in [1.29, 1.82) is 0 Å². The molecule has 0 spiro atoms. The minimum Gasteiger partial charge on any atom is -0.147 e. The fraction of sp³-hybridized carbons (Fsp3) is 1.00. The molecule has 0 fully saturated rings. The van der Waals surface area contributed by atoms with Crippen LogP contribution >= 0.6 is 12.4 Å². The maximum absolute atomic E-state index is 2.29. The Hall–Kier alpha value is 1.09. The zero-order valence-electron chi connectivity index (χ0n) is 12.5. The molecule has 0 heterocycles. The van der Waals surface area contributed by atoms with Gasteiger partial charge in [0.05, 0.1) is 0 Å². The van der Waals surface area contributed by atoms with Crippen molar-refractivity contribution in [3.8, 4) is 0 Å². The molecular formula is C16H34ClSn. The normalized spacial score (nSPS) is 10.3. The Bertz CT molecular complexity index is 114. The molecular weight excluding hydrogens is 346 g/mol. The van der Waals surface area contributed by atoms with Gasteiger partial charge in [-0.25, -0.2) is 0 Å². The third-order valence-corrected chi connectivity index (χ3v) is 4.54. The van der Waals surface area contributed by atoms with E-state index in [1.807, 2.05) is 0 Å². The first kappa shape index (κ1) is 21.4. The fourth-order valence-corrected chi connectivity index (χ4v) is 3.03. The maximum atomic E-state index is 2.29. The summed E-state index contributed by atoms with van der Waals surface area (Å²) in [7, 11) is 0. The van der Waals surface area contributed by atoms with Crippen molar-refractivity contribution in [2.45, 2.75) is 101 Å². The van der Waals surface area contributed by atoms with E-state index in [9.17, 15) is 0 Å². The molecule has 0 aliphatic heterocycles. The van der Waals surface area contributed by atoms with Crippen molar-refractivity contribution in [2.75, 3.05) is 0 Å². The molecule has 0 atom stereocenters. The molecule has 109 valence electrons. The monoisotopic (exact) mass is 381 g/mol. The topological polar surface area (TPSA) is 0 Å². The van der Waals surface area contributed by atoms with E-state index in [2.05, 4.69) is 6.92 Å². The van der Waals surface area contributed by atoms with Crippen LogP contribution in [0.25, 0.3) is 0 Å². The SMILES string of the molecule is CCCCCCCCCCCCCCC[CH2][Sn].Cl. The summed E-state index contributed by atoms with van der Waals surface area (Å²) in [6, 6.07) is 0. The van der Waals surface area contributed by atoms with Gasteiger partial charge in [0.15, 0.2) is 0 Å². The second kappa shape index (κ2) is 20.4. The first-order chi connectivity index (χ1) is 8.41. The Kier molecular flexibility index (Phi) is 24.2. The van der Waals surface area contributed by atoms with Crippen LogP contribution in [0.15, 0.2) is 0 Å². The number of unbranched alkanes of at least 4 members (excludes halogenated alkanes) is 13. The predicted octanol–water partition coefficient (Wildman–Crippen LogP) is 6.48. The third-order valence-electron chi connectivity index (χ3n) is 3.53. The molecule has 0 nitrogen and oxygen atoms in total. The van der Waals surface area contributed by atoms with Crippen LogP contribution in [0.4, 0.5) is 0 Å². The molecule has 0 aromatic rings. The molecule has 3 radical (unpaired) electrons. The van der Waals surface area contributed by atoms with Crippen molar-refractivity contribution < 1.29 is 0 Å². The molecule has 0 saturated carbocycles. The molecule has 0 rings (SSSR count). The van der Waals surface area contributed by atoms with Crippen molar-refractivity contribution in [1.82, 2.24) is 0 Å². The van der Waals surface area contributed by atoms with Crippen LogP contribution in [0.5, 0.6) is 0 Å². The molecule has 18 heavy (non-hydrogen) atoms. The van der Waals surface area contributed by atoms with Crippen LogP contribution in [0.1, 0.15) is 96.8 Å². The summed E-state index contributed by atoms with van der Waals surface area (Å²) < 4.78 is 1.46. The van der Waals surface area contributed by atoms with Gasteiger partial charge in [0, 0.05) is 0 Å². The fourth-order valence-electron chi connectivity index (χ4n) is 2.32. The van der Waals surface area contributed by atoms with E-state index in [4.69, 9.17) is 0 Å². The van der Waals surface area contributed by atoms with Gasteiger partial charge in [-0.15, -0.1) is 12.4 Å². The summed E-state index contributed by atoms with van der Waals surface area (Å²) in [6.07, 6.45) is 20.7. The first-order valence-corrected chi connectivity index (χ1v) is 10.1. The molecule has 0 aliphatic rings. The van der Waals surface area contributed by atoms with E-state index in [1.54, 1.807) is 22.5 Å². The van der Waals surface area contributed by atoms with Crippen LogP contribution < -0.4 is 0 Å². The Morgan fingerprint density at radius 1 is 0.500 bits per heavy atom. The molecule has 0 amide bonds. The molecule has 0 N–H and O–H groups in total. The van der Waals surface area contributed by atoms with Crippen LogP contribution in [-0.4, -0.2) is 22.5 Å². The van der Waals surface area contributed by atoms with E-state index in [0.717, 1.165) is 0 Å². The summed E-state index contributed by atoms with van der Waals surface area (Å²) in [4.78, 5) is 0. The Balaban J connectivity index is 0. The largest absolute Gasteiger partial charge is 0.147 e. The van der Waals surface area contributed by atoms with Crippen molar-refractivity contribution in [3.05, 3.63) is 0 Å².